The molecule has 1 atom stereocenters. The minimum Gasteiger partial charge on any atom is -0.450 e. The Labute approximate surface area is 212 Å². The molecule has 3 N–H and O–H groups in total. The second kappa shape index (κ2) is 10.3. The van der Waals surface area contributed by atoms with Gasteiger partial charge in [0.25, 0.3) is 5.91 Å². The second-order valence-electron chi connectivity index (χ2n) is 8.15. The summed E-state index contributed by atoms with van der Waals surface area (Å²) in [7, 11) is 0. The number of rotatable bonds is 7. The predicted molar refractivity (Wildman–Crippen MR) is 137 cm³/mol. The van der Waals surface area contributed by atoms with E-state index in [2.05, 4.69) is 35.6 Å². The lowest BCUT2D eigenvalue weighted by molar-refractivity contribution is 0.0934. The molecule has 11 nitrogen and oxygen atoms in total. The molecule has 2 amide bonds. The van der Waals surface area contributed by atoms with Gasteiger partial charge in [0.15, 0.2) is 0 Å². The van der Waals surface area contributed by atoms with Gasteiger partial charge in [-0.1, -0.05) is 12.1 Å². The van der Waals surface area contributed by atoms with Gasteiger partial charge in [0.1, 0.15) is 17.5 Å². The predicted octanol–water partition coefficient (Wildman–Crippen LogP) is 4.27. The highest BCUT2D eigenvalue weighted by atomic mass is 16.5. The van der Waals surface area contributed by atoms with Crippen LogP contribution in [-0.2, 0) is 4.74 Å². The monoisotopic (exact) mass is 496 g/mol. The first-order valence-corrected chi connectivity index (χ1v) is 11.7. The van der Waals surface area contributed by atoms with Gasteiger partial charge in [0.05, 0.1) is 29.6 Å². The van der Waals surface area contributed by atoms with E-state index in [1.54, 1.807) is 36.4 Å². The fourth-order valence-electron chi connectivity index (χ4n) is 3.85. The summed E-state index contributed by atoms with van der Waals surface area (Å²) < 4.78 is 6.70. The number of carbonyl (C=O) groups excluding carboxylic acids is 2. The summed E-state index contributed by atoms with van der Waals surface area (Å²) in [5, 5.41) is 5.52. The third-order valence-corrected chi connectivity index (χ3v) is 5.60. The van der Waals surface area contributed by atoms with Crippen molar-refractivity contribution >= 4 is 29.0 Å². The van der Waals surface area contributed by atoms with Gasteiger partial charge in [-0.05, 0) is 50.2 Å². The molecule has 4 aromatic heterocycles. The molecule has 0 saturated heterocycles. The van der Waals surface area contributed by atoms with Gasteiger partial charge >= 0.3 is 6.09 Å². The van der Waals surface area contributed by atoms with Crippen molar-refractivity contribution in [1.82, 2.24) is 34.8 Å². The third-order valence-electron chi connectivity index (χ3n) is 5.60. The molecule has 0 aliphatic carbocycles. The van der Waals surface area contributed by atoms with Crippen LogP contribution >= 0.6 is 0 Å². The Hall–Kier alpha value is -5.06. The Morgan fingerprint density at radius 1 is 1.08 bits per heavy atom. The molecule has 0 bridgehead atoms. The molecule has 4 heterocycles. The minimum absolute atomic E-state index is 0.243. The number of H-pyrrole nitrogens is 1. The number of aromatic amines is 1. The summed E-state index contributed by atoms with van der Waals surface area (Å²) in [5.41, 5.74) is 4.47. The molecule has 0 radical (unpaired) electrons. The lowest BCUT2D eigenvalue weighted by Crippen LogP contribution is -2.27. The maximum atomic E-state index is 12.8. The van der Waals surface area contributed by atoms with Crippen LogP contribution in [0.1, 0.15) is 36.1 Å². The molecule has 0 fully saturated rings. The molecule has 1 aromatic carbocycles. The maximum absolute atomic E-state index is 12.8. The van der Waals surface area contributed by atoms with E-state index in [1.807, 2.05) is 55.5 Å². The third kappa shape index (κ3) is 5.15. The lowest BCUT2D eigenvalue weighted by atomic mass is 10.1. The number of nitrogens with one attached hydrogen (secondary N) is 3. The number of anilines is 1. The highest BCUT2D eigenvalue weighted by Crippen LogP contribution is 2.30. The van der Waals surface area contributed by atoms with Crippen LogP contribution in [0.15, 0.2) is 73.4 Å². The van der Waals surface area contributed by atoms with Gasteiger partial charge < -0.3 is 19.6 Å². The number of amides is 2. The number of pyridine rings is 2. The van der Waals surface area contributed by atoms with Gasteiger partial charge in [-0.3, -0.25) is 20.1 Å². The van der Waals surface area contributed by atoms with Crippen LogP contribution in [0.25, 0.3) is 28.0 Å². The van der Waals surface area contributed by atoms with E-state index >= 15 is 0 Å². The van der Waals surface area contributed by atoms with Gasteiger partial charge in [-0.2, -0.15) is 0 Å². The number of aromatic nitrogens is 6. The molecule has 5 aromatic rings. The molecule has 5 rings (SSSR count). The van der Waals surface area contributed by atoms with Crippen molar-refractivity contribution in [3.05, 3.63) is 84.8 Å². The van der Waals surface area contributed by atoms with Gasteiger partial charge in [0.2, 0.25) is 5.95 Å². The van der Waals surface area contributed by atoms with Crippen molar-refractivity contribution in [1.29, 1.82) is 0 Å². The van der Waals surface area contributed by atoms with E-state index in [1.165, 1.54) is 0 Å². The summed E-state index contributed by atoms with van der Waals surface area (Å²) in [6.45, 7) is 3.83. The van der Waals surface area contributed by atoms with E-state index in [0.29, 0.717) is 16.7 Å². The average Bonchev–Trinajstić information content (AvgIpc) is 3.56. The first-order valence-electron chi connectivity index (χ1n) is 11.7. The fraction of sp³-hybridized carbons (Fsp3) is 0.154. The smallest absolute Gasteiger partial charge is 0.413 e. The zero-order valence-electron chi connectivity index (χ0n) is 20.2. The molecule has 0 saturated carbocycles. The maximum Gasteiger partial charge on any atom is 0.413 e. The van der Waals surface area contributed by atoms with Crippen LogP contribution < -0.4 is 10.6 Å². The van der Waals surface area contributed by atoms with Crippen LogP contribution in [0.3, 0.4) is 0 Å². The summed E-state index contributed by atoms with van der Waals surface area (Å²) >= 11 is 0. The van der Waals surface area contributed by atoms with E-state index in [-0.39, 0.29) is 30.2 Å². The highest BCUT2D eigenvalue weighted by Gasteiger charge is 2.18. The first-order chi connectivity index (χ1) is 18.0. The van der Waals surface area contributed by atoms with Crippen molar-refractivity contribution in [3.8, 4) is 16.9 Å². The van der Waals surface area contributed by atoms with Crippen LogP contribution in [-0.4, -0.2) is 48.1 Å². The lowest BCUT2D eigenvalue weighted by Gasteiger charge is -2.12. The molecule has 11 heteroatoms. The van der Waals surface area contributed by atoms with E-state index in [9.17, 15) is 9.59 Å². The second-order valence-corrected chi connectivity index (χ2v) is 8.15. The molecule has 186 valence electrons. The standard InChI is InChI=1S/C26H24N8O3/c1-3-37-26(36)33-25-31-21-13-17(12-18(23(21)32-25)20-9-5-7-11-28-20)34-14-22(29-15-34)24(35)30-16(2)19-8-4-6-10-27-19/h4-16H,3H2,1-2H3,(H,30,35)(H2,31,32,33,36). The van der Waals surface area contributed by atoms with Crippen molar-refractivity contribution in [2.75, 3.05) is 11.9 Å². The number of hydrogen-bond acceptors (Lipinski definition) is 7. The Bertz CT molecular complexity index is 1550. The fourth-order valence-corrected chi connectivity index (χ4v) is 3.85. The Kier molecular flexibility index (Phi) is 6.58. The Morgan fingerprint density at radius 2 is 1.89 bits per heavy atom. The van der Waals surface area contributed by atoms with Crippen molar-refractivity contribution in [3.63, 3.8) is 0 Å². The molecule has 0 spiro atoms. The molecule has 0 aliphatic rings. The molecule has 0 aliphatic heterocycles. The number of benzene rings is 1. The Morgan fingerprint density at radius 3 is 2.62 bits per heavy atom. The number of hydrogen-bond donors (Lipinski definition) is 3. The van der Waals surface area contributed by atoms with Crippen LogP contribution in [0.4, 0.5) is 10.7 Å². The number of nitrogens with zero attached hydrogens (tertiary/aromatic N) is 5. The van der Waals surface area contributed by atoms with E-state index < -0.39 is 6.09 Å². The van der Waals surface area contributed by atoms with E-state index in [4.69, 9.17) is 4.74 Å². The minimum atomic E-state index is -0.605. The SMILES string of the molecule is CCOC(=O)Nc1nc2c(-c3ccccn3)cc(-n3cnc(C(=O)NC(C)c4ccccn4)c3)cc2[nH]1. The summed E-state index contributed by atoms with van der Waals surface area (Å²) in [6.07, 6.45) is 5.99. The number of carbonyl (C=O) groups is 2. The quantitative estimate of drug-likeness (QED) is 0.306. The average molecular weight is 497 g/mol. The molecule has 1 unspecified atom stereocenters. The van der Waals surface area contributed by atoms with Crippen molar-refractivity contribution in [2.24, 2.45) is 0 Å². The zero-order chi connectivity index (χ0) is 25.8. The van der Waals surface area contributed by atoms with Gasteiger partial charge in [-0.15, -0.1) is 0 Å². The van der Waals surface area contributed by atoms with E-state index in [0.717, 1.165) is 16.9 Å². The molecular weight excluding hydrogens is 472 g/mol. The van der Waals surface area contributed by atoms with Crippen molar-refractivity contribution < 1.29 is 14.3 Å². The van der Waals surface area contributed by atoms with Gasteiger partial charge in [0, 0.05) is 29.8 Å². The van der Waals surface area contributed by atoms with Gasteiger partial charge in [-0.25, -0.2) is 14.8 Å². The number of ether oxygens (including phenoxy) is 1. The topological polar surface area (TPSA) is 140 Å². The number of fused-ring (bicyclic) bond motifs is 1. The zero-order valence-corrected chi connectivity index (χ0v) is 20.2. The highest BCUT2D eigenvalue weighted by molar-refractivity contribution is 5.96. The number of imidazole rings is 2. The van der Waals surface area contributed by atoms with Crippen LogP contribution in [0.5, 0.6) is 0 Å². The largest absolute Gasteiger partial charge is 0.450 e. The van der Waals surface area contributed by atoms with Crippen LogP contribution in [0, 0.1) is 0 Å². The van der Waals surface area contributed by atoms with Crippen LogP contribution in [0.2, 0.25) is 0 Å². The molecule has 37 heavy (non-hydrogen) atoms. The summed E-state index contributed by atoms with van der Waals surface area (Å²) in [5.74, 6) is -0.0672. The Balaban J connectivity index is 1.47. The van der Waals surface area contributed by atoms with Crippen molar-refractivity contribution in [2.45, 2.75) is 19.9 Å². The first kappa shape index (κ1) is 23.7. The molecular formula is C26H24N8O3. The summed E-state index contributed by atoms with van der Waals surface area (Å²) in [6, 6.07) is 14.6. The normalized spacial score (nSPS) is 11.7. The summed E-state index contributed by atoms with van der Waals surface area (Å²) in [4.78, 5) is 45.4.